The van der Waals surface area contributed by atoms with E-state index in [1.165, 1.54) is 6.07 Å². The summed E-state index contributed by atoms with van der Waals surface area (Å²) >= 11 is 0. The van der Waals surface area contributed by atoms with Crippen molar-refractivity contribution in [2.75, 3.05) is 12.4 Å². The Hall–Kier alpha value is -1.42. The fourth-order valence-electron chi connectivity index (χ4n) is 1.10. The third-order valence-corrected chi connectivity index (χ3v) is 2.25. The van der Waals surface area contributed by atoms with E-state index in [9.17, 15) is 9.18 Å². The van der Waals surface area contributed by atoms with Crippen LogP contribution in [0.4, 0.5) is 10.1 Å². The van der Waals surface area contributed by atoms with Crippen LogP contribution in [0.15, 0.2) is 18.2 Å². The molecule has 82 valence electrons. The van der Waals surface area contributed by atoms with Gasteiger partial charge in [-0.2, -0.15) is 0 Å². The zero-order valence-electron chi connectivity index (χ0n) is 9.10. The van der Waals surface area contributed by atoms with E-state index >= 15 is 0 Å². The molecule has 0 spiro atoms. The summed E-state index contributed by atoms with van der Waals surface area (Å²) in [5.41, 5.74) is 1.13. The van der Waals surface area contributed by atoms with E-state index in [1.54, 1.807) is 33.0 Å². The van der Waals surface area contributed by atoms with E-state index < -0.39 is 0 Å². The van der Waals surface area contributed by atoms with Crippen molar-refractivity contribution < 1.29 is 9.18 Å². The molecule has 1 aromatic carbocycles. The van der Waals surface area contributed by atoms with Crippen molar-refractivity contribution in [1.29, 1.82) is 0 Å². The maximum absolute atomic E-state index is 12.9. The maximum atomic E-state index is 12.9. The minimum Gasteiger partial charge on any atom is -0.325 e. The highest BCUT2D eigenvalue weighted by molar-refractivity contribution is 5.94. The molecule has 1 rings (SSSR count). The minimum absolute atomic E-state index is 0.136. The van der Waals surface area contributed by atoms with Crippen LogP contribution in [-0.4, -0.2) is 19.0 Å². The third kappa shape index (κ3) is 3.02. The van der Waals surface area contributed by atoms with E-state index in [-0.39, 0.29) is 17.8 Å². The number of halogens is 1. The van der Waals surface area contributed by atoms with Crippen molar-refractivity contribution in [3.05, 3.63) is 29.6 Å². The lowest BCUT2D eigenvalue weighted by Gasteiger charge is -2.11. The summed E-state index contributed by atoms with van der Waals surface area (Å²) in [6, 6.07) is 4.23. The number of hydrogen-bond donors (Lipinski definition) is 2. The van der Waals surface area contributed by atoms with E-state index in [0.29, 0.717) is 11.3 Å². The van der Waals surface area contributed by atoms with Gasteiger partial charge < -0.3 is 10.6 Å². The molecule has 4 heteroatoms. The van der Waals surface area contributed by atoms with Gasteiger partial charge in [0.2, 0.25) is 5.91 Å². The van der Waals surface area contributed by atoms with E-state index in [1.807, 2.05) is 0 Å². The Morgan fingerprint density at radius 2 is 2.13 bits per heavy atom. The SMILES string of the molecule is CNC(C)C(=O)Nc1ccc(F)c(C)c1. The van der Waals surface area contributed by atoms with Crippen LogP contribution in [0, 0.1) is 12.7 Å². The summed E-state index contributed by atoms with van der Waals surface area (Å²) in [6.07, 6.45) is 0. The number of rotatable bonds is 3. The molecular formula is C11H15FN2O. The van der Waals surface area contributed by atoms with E-state index in [0.717, 1.165) is 0 Å². The molecule has 2 N–H and O–H groups in total. The molecule has 0 aromatic heterocycles. The van der Waals surface area contributed by atoms with Crippen molar-refractivity contribution in [2.24, 2.45) is 0 Å². The topological polar surface area (TPSA) is 41.1 Å². The molecule has 0 bridgehead atoms. The number of likely N-dealkylation sites (N-methyl/N-ethyl adjacent to an activating group) is 1. The van der Waals surface area contributed by atoms with Gasteiger partial charge >= 0.3 is 0 Å². The summed E-state index contributed by atoms with van der Waals surface area (Å²) < 4.78 is 12.9. The lowest BCUT2D eigenvalue weighted by atomic mass is 10.2. The first-order chi connectivity index (χ1) is 7.04. The Bertz CT molecular complexity index is 366. The summed E-state index contributed by atoms with van der Waals surface area (Å²) in [7, 11) is 1.71. The van der Waals surface area contributed by atoms with Crippen LogP contribution in [0.5, 0.6) is 0 Å². The van der Waals surface area contributed by atoms with Crippen LogP contribution in [0.25, 0.3) is 0 Å². The van der Waals surface area contributed by atoms with Crippen LogP contribution < -0.4 is 10.6 Å². The van der Waals surface area contributed by atoms with Gasteiger partial charge in [-0.05, 0) is 44.7 Å². The van der Waals surface area contributed by atoms with Crippen LogP contribution in [-0.2, 0) is 4.79 Å². The zero-order valence-corrected chi connectivity index (χ0v) is 9.10. The highest BCUT2D eigenvalue weighted by Crippen LogP contribution is 2.13. The van der Waals surface area contributed by atoms with Gasteiger partial charge in [-0.25, -0.2) is 4.39 Å². The van der Waals surface area contributed by atoms with Crippen LogP contribution >= 0.6 is 0 Å². The Morgan fingerprint density at radius 3 is 2.67 bits per heavy atom. The van der Waals surface area contributed by atoms with E-state index in [4.69, 9.17) is 0 Å². The molecule has 0 radical (unpaired) electrons. The average molecular weight is 210 g/mol. The number of hydrogen-bond acceptors (Lipinski definition) is 2. The monoisotopic (exact) mass is 210 g/mol. The van der Waals surface area contributed by atoms with Crippen molar-refractivity contribution in [1.82, 2.24) is 5.32 Å². The predicted molar refractivity (Wildman–Crippen MR) is 58.3 cm³/mol. The second kappa shape index (κ2) is 4.89. The standard InChI is InChI=1S/C11H15FN2O/c1-7-6-9(4-5-10(7)12)14-11(15)8(2)13-3/h4-6,8,13H,1-3H3,(H,14,15). The van der Waals surface area contributed by atoms with Gasteiger partial charge in [0.05, 0.1) is 6.04 Å². The van der Waals surface area contributed by atoms with Crippen molar-refractivity contribution in [3.8, 4) is 0 Å². The number of nitrogens with one attached hydrogen (secondary N) is 2. The number of benzene rings is 1. The largest absolute Gasteiger partial charge is 0.325 e. The normalized spacial score (nSPS) is 12.3. The minimum atomic E-state index is -0.269. The highest BCUT2D eigenvalue weighted by Gasteiger charge is 2.10. The van der Waals surface area contributed by atoms with Crippen molar-refractivity contribution in [2.45, 2.75) is 19.9 Å². The number of amides is 1. The van der Waals surface area contributed by atoms with Gasteiger partial charge in [-0.1, -0.05) is 0 Å². The van der Waals surface area contributed by atoms with Crippen LogP contribution in [0.2, 0.25) is 0 Å². The molecule has 0 saturated carbocycles. The zero-order chi connectivity index (χ0) is 11.4. The third-order valence-electron chi connectivity index (χ3n) is 2.25. The van der Waals surface area contributed by atoms with Crippen LogP contribution in [0.1, 0.15) is 12.5 Å². The van der Waals surface area contributed by atoms with Crippen molar-refractivity contribution in [3.63, 3.8) is 0 Å². The summed E-state index contributed by atoms with van der Waals surface area (Å²) in [5, 5.41) is 5.52. The molecule has 3 nitrogen and oxygen atoms in total. The van der Waals surface area contributed by atoms with Gasteiger partial charge in [0.15, 0.2) is 0 Å². The molecule has 15 heavy (non-hydrogen) atoms. The molecule has 0 aliphatic carbocycles. The molecule has 1 aromatic rings. The van der Waals surface area contributed by atoms with Gasteiger partial charge in [0, 0.05) is 5.69 Å². The lowest BCUT2D eigenvalue weighted by Crippen LogP contribution is -2.35. The lowest BCUT2D eigenvalue weighted by molar-refractivity contribution is -0.117. The summed E-state index contributed by atoms with van der Waals surface area (Å²) in [4.78, 5) is 11.5. The Balaban J connectivity index is 2.73. The van der Waals surface area contributed by atoms with Gasteiger partial charge in [0.25, 0.3) is 0 Å². The first-order valence-electron chi connectivity index (χ1n) is 4.79. The quantitative estimate of drug-likeness (QED) is 0.797. The van der Waals surface area contributed by atoms with Crippen LogP contribution in [0.3, 0.4) is 0 Å². The maximum Gasteiger partial charge on any atom is 0.241 e. The van der Waals surface area contributed by atoms with Gasteiger partial charge in [-0.15, -0.1) is 0 Å². The fraction of sp³-hybridized carbons (Fsp3) is 0.364. The Labute approximate surface area is 88.7 Å². The predicted octanol–water partition coefficient (Wildman–Crippen LogP) is 1.68. The van der Waals surface area contributed by atoms with Crippen molar-refractivity contribution >= 4 is 11.6 Å². The summed E-state index contributed by atoms with van der Waals surface area (Å²) in [5.74, 6) is -0.404. The number of anilines is 1. The van der Waals surface area contributed by atoms with Gasteiger partial charge in [-0.3, -0.25) is 4.79 Å². The van der Waals surface area contributed by atoms with E-state index in [2.05, 4.69) is 10.6 Å². The molecule has 0 fully saturated rings. The molecule has 0 aliphatic rings. The number of carbonyl (C=O) groups excluding carboxylic acids is 1. The molecule has 0 heterocycles. The number of carbonyl (C=O) groups is 1. The first kappa shape index (κ1) is 11.7. The Kier molecular flexibility index (Phi) is 3.80. The molecule has 1 atom stereocenters. The summed E-state index contributed by atoms with van der Waals surface area (Å²) in [6.45, 7) is 3.41. The molecule has 1 amide bonds. The molecular weight excluding hydrogens is 195 g/mol. The van der Waals surface area contributed by atoms with Gasteiger partial charge in [0.1, 0.15) is 5.82 Å². The average Bonchev–Trinajstić information content (AvgIpc) is 2.22. The molecule has 1 unspecified atom stereocenters. The Morgan fingerprint density at radius 1 is 1.47 bits per heavy atom. The number of aryl methyl sites for hydroxylation is 1. The highest BCUT2D eigenvalue weighted by atomic mass is 19.1. The molecule has 0 saturated heterocycles. The smallest absolute Gasteiger partial charge is 0.241 e. The first-order valence-corrected chi connectivity index (χ1v) is 4.79. The molecule has 0 aliphatic heterocycles. The second-order valence-corrected chi connectivity index (χ2v) is 3.46. The second-order valence-electron chi connectivity index (χ2n) is 3.46. The fourth-order valence-corrected chi connectivity index (χ4v) is 1.10.